The molecule has 1 heterocycles. The highest BCUT2D eigenvalue weighted by Gasteiger charge is 2.37. The highest BCUT2D eigenvalue weighted by molar-refractivity contribution is 9.10. The van der Waals surface area contributed by atoms with Gasteiger partial charge in [-0.1, -0.05) is 6.92 Å². The van der Waals surface area contributed by atoms with Gasteiger partial charge in [-0.15, -0.1) is 11.3 Å². The summed E-state index contributed by atoms with van der Waals surface area (Å²) in [6.07, 6.45) is 3.41. The Morgan fingerprint density at radius 1 is 1.45 bits per heavy atom. The molecule has 1 saturated carbocycles. The standard InChI is InChI=1S/C15H22BrF2NS/c1-2-7-19-14(9-13-8-12(16)10-20-13)11-3-5-15(17,18)6-4-11/h8,10-11,14,19H,2-7,9H2,1H3. The lowest BCUT2D eigenvalue weighted by atomic mass is 9.80. The molecule has 20 heavy (non-hydrogen) atoms. The van der Waals surface area contributed by atoms with Gasteiger partial charge in [0, 0.05) is 33.6 Å². The Balaban J connectivity index is 1.96. The van der Waals surface area contributed by atoms with E-state index in [2.05, 4.69) is 39.6 Å². The molecule has 2 rings (SSSR count). The van der Waals surface area contributed by atoms with Crippen LogP contribution >= 0.6 is 27.3 Å². The third-order valence-corrected chi connectivity index (χ3v) is 5.75. The van der Waals surface area contributed by atoms with Crippen molar-refractivity contribution in [3.63, 3.8) is 0 Å². The van der Waals surface area contributed by atoms with E-state index in [9.17, 15) is 8.78 Å². The van der Waals surface area contributed by atoms with Crippen LogP contribution in [0.3, 0.4) is 0 Å². The zero-order valence-electron chi connectivity index (χ0n) is 11.8. The summed E-state index contributed by atoms with van der Waals surface area (Å²) in [6.45, 7) is 3.10. The lowest BCUT2D eigenvalue weighted by Crippen LogP contribution is -2.41. The Morgan fingerprint density at radius 3 is 2.70 bits per heavy atom. The van der Waals surface area contributed by atoms with Crippen molar-refractivity contribution in [1.82, 2.24) is 5.32 Å². The first-order chi connectivity index (χ1) is 9.50. The van der Waals surface area contributed by atoms with Gasteiger partial charge in [-0.2, -0.15) is 0 Å². The molecular weight excluding hydrogens is 344 g/mol. The van der Waals surface area contributed by atoms with Crippen LogP contribution in [0.15, 0.2) is 15.9 Å². The van der Waals surface area contributed by atoms with Gasteiger partial charge in [0.1, 0.15) is 0 Å². The molecule has 1 unspecified atom stereocenters. The van der Waals surface area contributed by atoms with Crippen LogP contribution in [0, 0.1) is 5.92 Å². The molecule has 1 aromatic heterocycles. The molecule has 0 bridgehead atoms. The van der Waals surface area contributed by atoms with E-state index < -0.39 is 5.92 Å². The number of rotatable bonds is 6. The van der Waals surface area contributed by atoms with Crippen molar-refractivity contribution in [3.05, 3.63) is 20.8 Å². The predicted octanol–water partition coefficient (Wildman–Crippen LogP) is 5.25. The molecule has 0 radical (unpaired) electrons. The topological polar surface area (TPSA) is 12.0 Å². The molecule has 114 valence electrons. The molecule has 5 heteroatoms. The van der Waals surface area contributed by atoms with Crippen molar-refractivity contribution in [2.75, 3.05) is 6.54 Å². The van der Waals surface area contributed by atoms with Crippen molar-refractivity contribution in [2.45, 2.75) is 57.4 Å². The van der Waals surface area contributed by atoms with Crippen molar-refractivity contribution < 1.29 is 8.78 Å². The summed E-state index contributed by atoms with van der Waals surface area (Å²) < 4.78 is 27.7. The minimum atomic E-state index is -2.43. The monoisotopic (exact) mass is 365 g/mol. The van der Waals surface area contributed by atoms with Gasteiger partial charge in [0.2, 0.25) is 5.92 Å². The van der Waals surface area contributed by atoms with Gasteiger partial charge >= 0.3 is 0 Å². The number of nitrogens with one attached hydrogen (secondary N) is 1. The number of hydrogen-bond acceptors (Lipinski definition) is 2. The molecule has 0 aliphatic heterocycles. The van der Waals surface area contributed by atoms with Crippen LogP contribution in [0.5, 0.6) is 0 Å². The minimum absolute atomic E-state index is 0.0517. The second kappa shape index (κ2) is 7.32. The number of thiophene rings is 1. The average molecular weight is 366 g/mol. The number of alkyl halides is 2. The maximum atomic E-state index is 13.3. The van der Waals surface area contributed by atoms with Crippen LogP contribution in [0.1, 0.15) is 43.9 Å². The van der Waals surface area contributed by atoms with E-state index in [4.69, 9.17) is 0 Å². The van der Waals surface area contributed by atoms with Crippen LogP contribution in [-0.4, -0.2) is 18.5 Å². The Hall–Kier alpha value is -0.0000000000000000833. The largest absolute Gasteiger partial charge is 0.313 e. The van der Waals surface area contributed by atoms with Crippen LogP contribution in [0.25, 0.3) is 0 Å². The van der Waals surface area contributed by atoms with E-state index >= 15 is 0 Å². The fraction of sp³-hybridized carbons (Fsp3) is 0.733. The Labute approximate surface area is 132 Å². The summed E-state index contributed by atoms with van der Waals surface area (Å²) in [5, 5.41) is 5.66. The highest BCUT2D eigenvalue weighted by Crippen LogP contribution is 2.38. The summed E-state index contributed by atoms with van der Waals surface area (Å²) in [5.41, 5.74) is 0. The van der Waals surface area contributed by atoms with E-state index in [1.165, 1.54) is 4.88 Å². The Bertz CT molecular complexity index is 412. The summed E-state index contributed by atoms with van der Waals surface area (Å²) >= 11 is 5.22. The first-order valence-electron chi connectivity index (χ1n) is 7.34. The maximum Gasteiger partial charge on any atom is 0.248 e. The molecule has 1 atom stereocenters. The zero-order valence-corrected chi connectivity index (χ0v) is 14.2. The third kappa shape index (κ3) is 4.78. The fourth-order valence-electron chi connectivity index (χ4n) is 2.88. The van der Waals surface area contributed by atoms with Gasteiger partial charge in [-0.3, -0.25) is 0 Å². The molecule has 1 aromatic rings. The van der Waals surface area contributed by atoms with Gasteiger partial charge in [-0.05, 0) is 60.1 Å². The van der Waals surface area contributed by atoms with Gasteiger partial charge in [0.15, 0.2) is 0 Å². The van der Waals surface area contributed by atoms with Crippen LogP contribution in [0.2, 0.25) is 0 Å². The molecule has 0 aromatic carbocycles. The van der Waals surface area contributed by atoms with Crippen LogP contribution in [-0.2, 0) is 6.42 Å². The Morgan fingerprint density at radius 2 is 2.15 bits per heavy atom. The lowest BCUT2D eigenvalue weighted by molar-refractivity contribution is -0.0494. The van der Waals surface area contributed by atoms with Crippen molar-refractivity contribution in [2.24, 2.45) is 5.92 Å². The molecule has 1 aliphatic carbocycles. The molecule has 1 nitrogen and oxygen atoms in total. The molecule has 1 aliphatic rings. The molecule has 0 saturated heterocycles. The molecule has 1 fully saturated rings. The van der Waals surface area contributed by atoms with Crippen molar-refractivity contribution in [3.8, 4) is 0 Å². The fourth-order valence-corrected chi connectivity index (χ4v) is 4.39. The minimum Gasteiger partial charge on any atom is -0.313 e. The van der Waals surface area contributed by atoms with Gasteiger partial charge in [-0.25, -0.2) is 8.78 Å². The summed E-state index contributed by atoms with van der Waals surface area (Å²) in [4.78, 5) is 1.32. The lowest BCUT2D eigenvalue weighted by Gasteiger charge is -2.34. The van der Waals surface area contributed by atoms with Crippen LogP contribution in [0.4, 0.5) is 8.78 Å². The molecule has 0 amide bonds. The van der Waals surface area contributed by atoms with E-state index in [1.807, 2.05) is 0 Å². The second-order valence-corrected chi connectivity index (χ2v) is 7.60. The molecule has 1 N–H and O–H groups in total. The van der Waals surface area contributed by atoms with E-state index in [0.29, 0.717) is 24.8 Å². The normalized spacial score (nSPS) is 21.0. The Kier molecular flexibility index (Phi) is 5.99. The summed E-state index contributed by atoms with van der Waals surface area (Å²) in [5.74, 6) is -2.06. The predicted molar refractivity (Wildman–Crippen MR) is 84.7 cm³/mol. The zero-order chi connectivity index (χ0) is 14.6. The smallest absolute Gasteiger partial charge is 0.248 e. The van der Waals surface area contributed by atoms with E-state index in [-0.39, 0.29) is 12.8 Å². The third-order valence-electron chi connectivity index (χ3n) is 4.03. The summed E-state index contributed by atoms with van der Waals surface area (Å²) in [7, 11) is 0. The quantitative estimate of drug-likeness (QED) is 0.725. The van der Waals surface area contributed by atoms with Crippen molar-refractivity contribution >= 4 is 27.3 Å². The average Bonchev–Trinajstić information content (AvgIpc) is 2.80. The second-order valence-electron chi connectivity index (χ2n) is 5.69. The van der Waals surface area contributed by atoms with E-state index in [0.717, 1.165) is 23.9 Å². The van der Waals surface area contributed by atoms with Gasteiger partial charge in [0.25, 0.3) is 0 Å². The molecule has 0 spiro atoms. The van der Waals surface area contributed by atoms with Crippen LogP contribution < -0.4 is 5.32 Å². The van der Waals surface area contributed by atoms with E-state index in [1.54, 1.807) is 11.3 Å². The van der Waals surface area contributed by atoms with Crippen molar-refractivity contribution in [1.29, 1.82) is 0 Å². The first kappa shape index (κ1) is 16.4. The number of halogens is 3. The summed E-state index contributed by atoms with van der Waals surface area (Å²) in [6, 6.07) is 2.47. The molecular formula is C15H22BrF2NS. The SMILES string of the molecule is CCCNC(Cc1cc(Br)cs1)C1CCC(F)(F)CC1. The first-order valence-corrected chi connectivity index (χ1v) is 9.01. The van der Waals surface area contributed by atoms with Gasteiger partial charge in [0.05, 0.1) is 0 Å². The number of hydrogen-bond donors (Lipinski definition) is 1. The highest BCUT2D eigenvalue weighted by atomic mass is 79.9. The van der Waals surface area contributed by atoms with Gasteiger partial charge < -0.3 is 5.32 Å². The maximum absolute atomic E-state index is 13.3.